The molecule has 128 valence electrons. The maximum Gasteiger partial charge on any atom is 0.225 e. The van der Waals surface area contributed by atoms with Gasteiger partial charge in [0.2, 0.25) is 5.91 Å². The number of carbonyl (C=O) groups excluding carboxylic acids is 2. The van der Waals surface area contributed by atoms with Crippen LogP contribution in [0.15, 0.2) is 53.0 Å². The van der Waals surface area contributed by atoms with Crippen LogP contribution >= 0.6 is 11.3 Å². The summed E-state index contributed by atoms with van der Waals surface area (Å²) in [7, 11) is 1.62. The van der Waals surface area contributed by atoms with Crippen LogP contribution in [-0.2, 0) is 9.59 Å². The SMILES string of the molecule is COc1ccccc1[C@@H]1CC(=O)NC2=C1C(=O)C[C@H](c1cccs1)C2. The Hall–Kier alpha value is -2.40. The fraction of sp³-hybridized carbons (Fsp3) is 0.300. The summed E-state index contributed by atoms with van der Waals surface area (Å²) in [6.45, 7) is 0. The van der Waals surface area contributed by atoms with Gasteiger partial charge in [-0.1, -0.05) is 24.3 Å². The van der Waals surface area contributed by atoms with Crippen molar-refractivity contribution in [3.63, 3.8) is 0 Å². The molecule has 2 aromatic rings. The second-order valence-electron chi connectivity index (χ2n) is 6.48. The molecule has 0 saturated heterocycles. The van der Waals surface area contributed by atoms with E-state index in [-0.39, 0.29) is 29.9 Å². The number of nitrogens with one attached hydrogen (secondary N) is 1. The normalized spacial score (nSPS) is 23.2. The van der Waals surface area contributed by atoms with Crippen LogP contribution in [0.2, 0.25) is 0 Å². The van der Waals surface area contributed by atoms with Gasteiger partial charge in [-0.15, -0.1) is 11.3 Å². The molecule has 1 aliphatic heterocycles. The number of para-hydroxylation sites is 1. The molecule has 1 N–H and O–H groups in total. The molecule has 2 atom stereocenters. The summed E-state index contributed by atoms with van der Waals surface area (Å²) in [5.41, 5.74) is 2.47. The van der Waals surface area contributed by atoms with E-state index >= 15 is 0 Å². The van der Waals surface area contributed by atoms with E-state index in [0.717, 1.165) is 22.6 Å². The smallest absolute Gasteiger partial charge is 0.225 e. The van der Waals surface area contributed by atoms with Crippen LogP contribution in [0.4, 0.5) is 0 Å². The van der Waals surface area contributed by atoms with Gasteiger partial charge >= 0.3 is 0 Å². The molecule has 4 nitrogen and oxygen atoms in total. The minimum Gasteiger partial charge on any atom is -0.496 e. The van der Waals surface area contributed by atoms with Crippen LogP contribution in [-0.4, -0.2) is 18.8 Å². The van der Waals surface area contributed by atoms with Gasteiger partial charge in [0.15, 0.2) is 5.78 Å². The highest BCUT2D eigenvalue weighted by Crippen LogP contribution is 2.45. The maximum absolute atomic E-state index is 13.0. The zero-order chi connectivity index (χ0) is 17.4. The fourth-order valence-electron chi connectivity index (χ4n) is 3.90. The molecule has 25 heavy (non-hydrogen) atoms. The van der Waals surface area contributed by atoms with E-state index in [2.05, 4.69) is 11.4 Å². The Morgan fingerprint density at radius 1 is 1.08 bits per heavy atom. The maximum atomic E-state index is 13.0. The van der Waals surface area contributed by atoms with Crippen LogP contribution in [0.3, 0.4) is 0 Å². The van der Waals surface area contributed by atoms with E-state index in [1.807, 2.05) is 35.7 Å². The molecule has 4 rings (SSSR count). The zero-order valence-corrected chi connectivity index (χ0v) is 14.8. The predicted molar refractivity (Wildman–Crippen MR) is 96.8 cm³/mol. The zero-order valence-electron chi connectivity index (χ0n) is 14.0. The Balaban J connectivity index is 1.76. The molecule has 0 spiro atoms. The largest absolute Gasteiger partial charge is 0.496 e. The minimum atomic E-state index is -0.225. The molecule has 2 aliphatic rings. The summed E-state index contributed by atoms with van der Waals surface area (Å²) < 4.78 is 5.46. The third-order valence-corrected chi connectivity index (χ3v) is 6.03. The van der Waals surface area contributed by atoms with Gasteiger partial charge in [0.25, 0.3) is 0 Å². The highest BCUT2D eigenvalue weighted by atomic mass is 32.1. The number of hydrogen-bond donors (Lipinski definition) is 1. The molecule has 1 aromatic heterocycles. The van der Waals surface area contributed by atoms with Crippen molar-refractivity contribution in [2.24, 2.45) is 0 Å². The van der Waals surface area contributed by atoms with E-state index in [1.165, 1.54) is 4.88 Å². The summed E-state index contributed by atoms with van der Waals surface area (Å²) in [5.74, 6) is 0.756. The van der Waals surface area contributed by atoms with Crippen molar-refractivity contribution < 1.29 is 14.3 Å². The average Bonchev–Trinajstić information content (AvgIpc) is 3.15. The monoisotopic (exact) mass is 353 g/mol. The second kappa shape index (κ2) is 6.48. The van der Waals surface area contributed by atoms with Gasteiger partial charge in [-0.3, -0.25) is 9.59 Å². The number of thiophene rings is 1. The topological polar surface area (TPSA) is 55.4 Å². The van der Waals surface area contributed by atoms with Crippen molar-refractivity contribution >= 4 is 23.0 Å². The number of Topliss-reactive ketones (excluding diaryl/α,β-unsaturated/α-hetero) is 1. The molecule has 0 radical (unpaired) electrons. The van der Waals surface area contributed by atoms with E-state index in [4.69, 9.17) is 4.74 Å². The number of amides is 1. The molecular weight excluding hydrogens is 334 g/mol. The number of ether oxygens (including phenoxy) is 1. The first kappa shape index (κ1) is 16.1. The van der Waals surface area contributed by atoms with Crippen molar-refractivity contribution in [3.05, 3.63) is 63.5 Å². The van der Waals surface area contributed by atoms with Gasteiger partial charge in [0.05, 0.1) is 7.11 Å². The molecule has 1 aromatic carbocycles. The summed E-state index contributed by atoms with van der Waals surface area (Å²) in [6, 6.07) is 11.7. The number of rotatable bonds is 3. The minimum absolute atomic E-state index is 0.0331. The first-order valence-electron chi connectivity index (χ1n) is 8.39. The first-order chi connectivity index (χ1) is 12.2. The standard InChI is InChI=1S/C20H19NO3S/c1-24-17-6-3-2-5-13(17)14-11-19(23)21-15-9-12(10-16(22)20(14)15)18-7-4-8-25-18/h2-8,12,14H,9-11H2,1H3,(H,21,23)/t12-,14+/m1/s1. The number of allylic oxidation sites excluding steroid dienone is 2. The van der Waals surface area contributed by atoms with Crippen LogP contribution in [0.1, 0.15) is 41.5 Å². The lowest BCUT2D eigenvalue weighted by Crippen LogP contribution is -2.38. The second-order valence-corrected chi connectivity index (χ2v) is 7.46. The van der Waals surface area contributed by atoms with Crippen molar-refractivity contribution in [1.29, 1.82) is 0 Å². The Morgan fingerprint density at radius 2 is 1.92 bits per heavy atom. The Bertz CT molecular complexity index is 854. The Kier molecular flexibility index (Phi) is 4.17. The summed E-state index contributed by atoms with van der Waals surface area (Å²) >= 11 is 1.67. The summed E-state index contributed by atoms with van der Waals surface area (Å²) in [6.07, 6.45) is 1.49. The molecule has 0 unspecified atom stereocenters. The van der Waals surface area contributed by atoms with E-state index in [9.17, 15) is 9.59 Å². The Labute approximate surface area is 150 Å². The molecule has 1 aliphatic carbocycles. The van der Waals surface area contributed by atoms with Crippen molar-refractivity contribution in [1.82, 2.24) is 5.32 Å². The van der Waals surface area contributed by atoms with Crippen LogP contribution in [0, 0.1) is 0 Å². The quantitative estimate of drug-likeness (QED) is 0.914. The van der Waals surface area contributed by atoms with Gasteiger partial charge in [-0.05, 0) is 23.9 Å². The molecular formula is C20H19NO3S. The first-order valence-corrected chi connectivity index (χ1v) is 9.27. The number of methoxy groups -OCH3 is 1. The van der Waals surface area contributed by atoms with Gasteiger partial charge in [0.1, 0.15) is 5.75 Å². The third-order valence-electron chi connectivity index (χ3n) is 5.00. The van der Waals surface area contributed by atoms with Gasteiger partial charge < -0.3 is 10.1 Å². The fourth-order valence-corrected chi connectivity index (χ4v) is 4.74. The molecule has 5 heteroatoms. The molecule has 0 fully saturated rings. The summed E-state index contributed by atoms with van der Waals surface area (Å²) in [5, 5.41) is 4.99. The number of hydrogen-bond acceptors (Lipinski definition) is 4. The number of carbonyl (C=O) groups is 2. The van der Waals surface area contributed by atoms with Crippen molar-refractivity contribution in [2.75, 3.05) is 7.11 Å². The lowest BCUT2D eigenvalue weighted by molar-refractivity contribution is -0.122. The third kappa shape index (κ3) is 2.89. The predicted octanol–water partition coefficient (Wildman–Crippen LogP) is 3.76. The molecule has 1 amide bonds. The number of ketones is 1. The number of benzene rings is 1. The Morgan fingerprint density at radius 3 is 2.68 bits per heavy atom. The van der Waals surface area contributed by atoms with Gasteiger partial charge in [-0.25, -0.2) is 0 Å². The van der Waals surface area contributed by atoms with E-state index < -0.39 is 0 Å². The van der Waals surface area contributed by atoms with Crippen LogP contribution in [0.25, 0.3) is 0 Å². The molecule has 2 heterocycles. The van der Waals surface area contributed by atoms with Crippen molar-refractivity contribution in [2.45, 2.75) is 31.1 Å². The molecule has 0 saturated carbocycles. The van der Waals surface area contributed by atoms with Crippen LogP contribution in [0.5, 0.6) is 5.75 Å². The lowest BCUT2D eigenvalue weighted by atomic mass is 9.74. The van der Waals surface area contributed by atoms with E-state index in [0.29, 0.717) is 12.8 Å². The highest BCUT2D eigenvalue weighted by Gasteiger charge is 2.39. The average molecular weight is 353 g/mol. The van der Waals surface area contributed by atoms with Gasteiger partial charge in [0, 0.05) is 46.4 Å². The molecule has 0 bridgehead atoms. The lowest BCUT2D eigenvalue weighted by Gasteiger charge is -2.34. The van der Waals surface area contributed by atoms with Gasteiger partial charge in [-0.2, -0.15) is 0 Å². The van der Waals surface area contributed by atoms with Crippen molar-refractivity contribution in [3.8, 4) is 5.75 Å². The van der Waals surface area contributed by atoms with E-state index in [1.54, 1.807) is 18.4 Å². The highest BCUT2D eigenvalue weighted by molar-refractivity contribution is 7.10. The van der Waals surface area contributed by atoms with Crippen LogP contribution < -0.4 is 10.1 Å². The summed E-state index contributed by atoms with van der Waals surface area (Å²) in [4.78, 5) is 26.5.